The zero-order chi connectivity index (χ0) is 9.84. The molecule has 0 spiro atoms. The van der Waals surface area contributed by atoms with E-state index in [2.05, 4.69) is 9.97 Å². The molecule has 0 aromatic carbocycles. The lowest BCUT2D eigenvalue weighted by Crippen LogP contribution is -2.21. The van der Waals surface area contributed by atoms with Gasteiger partial charge in [0.25, 0.3) is 0 Å². The van der Waals surface area contributed by atoms with Crippen LogP contribution in [0.2, 0.25) is 0 Å². The summed E-state index contributed by atoms with van der Waals surface area (Å²) in [6.45, 7) is 1.73. The molecule has 1 unspecified atom stereocenters. The minimum Gasteiger partial charge on any atom is -0.252 e. The van der Waals surface area contributed by atoms with Gasteiger partial charge in [0.2, 0.25) is 0 Å². The van der Waals surface area contributed by atoms with Gasteiger partial charge in [0.15, 0.2) is 5.82 Å². The molecule has 0 saturated heterocycles. The van der Waals surface area contributed by atoms with E-state index in [1.54, 1.807) is 6.92 Å². The molecular formula is C7H10FN3OS. The fourth-order valence-corrected chi connectivity index (χ4v) is 1.10. The molecule has 0 bridgehead atoms. The first-order valence-electron chi connectivity index (χ1n) is 3.71. The number of aromatic nitrogens is 2. The molecule has 2 atom stereocenters. The molecule has 0 aliphatic heterocycles. The van der Waals surface area contributed by atoms with Gasteiger partial charge in [0.05, 0.1) is 28.6 Å². The topological polar surface area (TPSA) is 68.9 Å². The molecule has 1 aromatic heterocycles. The van der Waals surface area contributed by atoms with Crippen molar-refractivity contribution in [3.05, 3.63) is 24.0 Å². The summed E-state index contributed by atoms with van der Waals surface area (Å²) in [4.78, 5) is 7.45. The van der Waals surface area contributed by atoms with Crippen LogP contribution < -0.4 is 5.14 Å². The highest BCUT2D eigenvalue weighted by Gasteiger charge is 2.09. The van der Waals surface area contributed by atoms with Crippen LogP contribution in [0.5, 0.6) is 0 Å². The molecule has 13 heavy (non-hydrogen) atoms. The summed E-state index contributed by atoms with van der Waals surface area (Å²) in [6.07, 6.45) is 2.55. The molecule has 1 aromatic rings. The first-order chi connectivity index (χ1) is 6.09. The second-order valence-electron chi connectivity index (χ2n) is 2.66. The summed E-state index contributed by atoms with van der Waals surface area (Å²) in [5, 5.41) is 4.94. The second kappa shape index (κ2) is 4.38. The third-order valence-corrected chi connectivity index (χ3v) is 2.50. The first kappa shape index (κ1) is 10.2. The molecule has 0 aliphatic rings. The zero-order valence-electron chi connectivity index (χ0n) is 7.11. The van der Waals surface area contributed by atoms with E-state index in [9.17, 15) is 8.60 Å². The summed E-state index contributed by atoms with van der Waals surface area (Å²) >= 11 is 0. The van der Waals surface area contributed by atoms with E-state index < -0.39 is 16.8 Å². The molecule has 0 amide bonds. The molecule has 0 aliphatic carbocycles. The number of hydrogen-bond donors (Lipinski definition) is 1. The van der Waals surface area contributed by atoms with Gasteiger partial charge in [-0.1, -0.05) is 0 Å². The molecule has 72 valence electrons. The minimum atomic E-state index is -1.39. The highest BCUT2D eigenvalue weighted by molar-refractivity contribution is 7.83. The van der Waals surface area contributed by atoms with Crippen LogP contribution in [0.1, 0.15) is 12.7 Å². The summed E-state index contributed by atoms with van der Waals surface area (Å²) < 4.78 is 23.1. The lowest BCUT2D eigenvalue weighted by atomic mass is 10.3. The molecule has 0 fully saturated rings. The van der Waals surface area contributed by atoms with Crippen molar-refractivity contribution in [2.75, 3.05) is 0 Å². The van der Waals surface area contributed by atoms with Gasteiger partial charge in [0, 0.05) is 6.42 Å². The van der Waals surface area contributed by atoms with Gasteiger partial charge in [-0.2, -0.15) is 0 Å². The Morgan fingerprint density at radius 1 is 1.62 bits per heavy atom. The third kappa shape index (κ3) is 3.16. The molecule has 1 heterocycles. The van der Waals surface area contributed by atoms with Crippen LogP contribution in [0.15, 0.2) is 12.4 Å². The van der Waals surface area contributed by atoms with Gasteiger partial charge < -0.3 is 0 Å². The smallest absolute Gasteiger partial charge is 0.159 e. The maximum absolute atomic E-state index is 12.4. The Kier molecular flexibility index (Phi) is 3.44. The van der Waals surface area contributed by atoms with Crippen molar-refractivity contribution < 1.29 is 8.60 Å². The predicted octanol–water partition coefficient (Wildman–Crippen LogP) is 0.169. The molecular weight excluding hydrogens is 193 g/mol. The van der Waals surface area contributed by atoms with Gasteiger partial charge in [-0.15, -0.1) is 0 Å². The number of nitrogens with zero attached hydrogens (tertiary/aromatic N) is 2. The van der Waals surface area contributed by atoms with Crippen molar-refractivity contribution in [2.24, 2.45) is 5.14 Å². The molecule has 0 saturated carbocycles. The standard InChI is InChI=1S/C7H10FN3OS/c1-5(13(9)12)2-7-10-3-6(8)4-11-7/h3-5H,2,9H2,1H3/t5-,13?/m0/s1. The Hall–Kier alpha value is -0.880. The third-order valence-electron chi connectivity index (χ3n) is 1.54. The van der Waals surface area contributed by atoms with E-state index in [4.69, 9.17) is 5.14 Å². The van der Waals surface area contributed by atoms with Crippen LogP contribution in [0.3, 0.4) is 0 Å². The normalized spacial score (nSPS) is 15.3. The van der Waals surface area contributed by atoms with Crippen molar-refractivity contribution in [2.45, 2.75) is 18.6 Å². The van der Waals surface area contributed by atoms with Crippen LogP contribution in [-0.2, 0) is 17.4 Å². The summed E-state index contributed by atoms with van der Waals surface area (Å²) in [5.74, 6) is -0.0297. The van der Waals surface area contributed by atoms with E-state index in [-0.39, 0.29) is 5.25 Å². The fraction of sp³-hybridized carbons (Fsp3) is 0.429. The summed E-state index contributed by atoms with van der Waals surface area (Å²) in [7, 11) is -1.39. The monoisotopic (exact) mass is 203 g/mol. The first-order valence-corrected chi connectivity index (χ1v) is 4.98. The molecule has 0 radical (unpaired) electrons. The van der Waals surface area contributed by atoms with Crippen molar-refractivity contribution in [3.8, 4) is 0 Å². The van der Waals surface area contributed by atoms with Gasteiger partial charge in [-0.3, -0.25) is 5.14 Å². The van der Waals surface area contributed by atoms with Crippen molar-refractivity contribution in [3.63, 3.8) is 0 Å². The van der Waals surface area contributed by atoms with E-state index in [1.807, 2.05) is 0 Å². The SMILES string of the molecule is C[C@@H](Cc1ncc(F)cn1)S(N)=O. The Bertz CT molecular complexity index is 303. The van der Waals surface area contributed by atoms with Crippen molar-refractivity contribution in [1.29, 1.82) is 0 Å². The van der Waals surface area contributed by atoms with Gasteiger partial charge in [-0.05, 0) is 6.92 Å². The average Bonchev–Trinajstić information content (AvgIpc) is 2.08. The Morgan fingerprint density at radius 3 is 2.62 bits per heavy atom. The van der Waals surface area contributed by atoms with E-state index in [0.29, 0.717) is 12.2 Å². The van der Waals surface area contributed by atoms with Crippen LogP contribution >= 0.6 is 0 Å². The molecule has 6 heteroatoms. The predicted molar refractivity (Wildman–Crippen MR) is 47.5 cm³/mol. The largest absolute Gasteiger partial charge is 0.252 e. The Labute approximate surface area is 78.0 Å². The zero-order valence-corrected chi connectivity index (χ0v) is 7.92. The van der Waals surface area contributed by atoms with Crippen LogP contribution in [0, 0.1) is 5.82 Å². The quantitative estimate of drug-likeness (QED) is 0.761. The maximum atomic E-state index is 12.4. The number of halogens is 1. The van der Waals surface area contributed by atoms with E-state index >= 15 is 0 Å². The second-order valence-corrected chi connectivity index (χ2v) is 4.12. The van der Waals surface area contributed by atoms with Crippen LogP contribution in [0.25, 0.3) is 0 Å². The minimum absolute atomic E-state index is 0.217. The lowest BCUT2D eigenvalue weighted by molar-refractivity contribution is 0.607. The van der Waals surface area contributed by atoms with Gasteiger partial charge in [0.1, 0.15) is 5.82 Å². The number of nitrogens with two attached hydrogens (primary N) is 1. The molecule has 4 nitrogen and oxygen atoms in total. The molecule has 2 N–H and O–H groups in total. The fourth-order valence-electron chi connectivity index (χ4n) is 0.784. The van der Waals surface area contributed by atoms with Gasteiger partial charge >= 0.3 is 0 Å². The highest BCUT2D eigenvalue weighted by Crippen LogP contribution is 2.00. The van der Waals surface area contributed by atoms with Crippen molar-refractivity contribution in [1.82, 2.24) is 9.97 Å². The lowest BCUT2D eigenvalue weighted by Gasteiger charge is -2.05. The summed E-state index contributed by atoms with van der Waals surface area (Å²) in [5.41, 5.74) is 0. The van der Waals surface area contributed by atoms with Gasteiger partial charge in [-0.25, -0.2) is 18.6 Å². The van der Waals surface area contributed by atoms with Crippen molar-refractivity contribution >= 4 is 11.0 Å². The maximum Gasteiger partial charge on any atom is 0.159 e. The Balaban J connectivity index is 2.64. The highest BCUT2D eigenvalue weighted by atomic mass is 32.2. The van der Waals surface area contributed by atoms with Crippen LogP contribution in [0.4, 0.5) is 4.39 Å². The average molecular weight is 203 g/mol. The van der Waals surface area contributed by atoms with E-state index in [1.165, 1.54) is 0 Å². The number of rotatable bonds is 3. The van der Waals surface area contributed by atoms with E-state index in [0.717, 1.165) is 12.4 Å². The Morgan fingerprint density at radius 2 is 2.15 bits per heavy atom. The summed E-state index contributed by atoms with van der Waals surface area (Å²) in [6, 6.07) is 0. The number of hydrogen-bond acceptors (Lipinski definition) is 3. The van der Waals surface area contributed by atoms with Crippen LogP contribution in [-0.4, -0.2) is 19.4 Å². The molecule has 1 rings (SSSR count).